The van der Waals surface area contributed by atoms with Gasteiger partial charge in [0.25, 0.3) is 0 Å². The van der Waals surface area contributed by atoms with Gasteiger partial charge in [-0.1, -0.05) is 50.6 Å². The summed E-state index contributed by atoms with van der Waals surface area (Å²) >= 11 is 0. The first-order chi connectivity index (χ1) is 6.75. The van der Waals surface area contributed by atoms with Crippen molar-refractivity contribution in [2.45, 2.75) is 40.5 Å². The molecule has 0 amide bonds. The normalized spacial score (nSPS) is 22.1. The molecule has 0 heterocycles. The van der Waals surface area contributed by atoms with Crippen LogP contribution in [0.2, 0.25) is 0 Å². The number of hydrogen-bond donors (Lipinski definition) is 0. The van der Waals surface area contributed by atoms with Gasteiger partial charge in [0.15, 0.2) is 0 Å². The van der Waals surface area contributed by atoms with Gasteiger partial charge < -0.3 is 0 Å². The van der Waals surface area contributed by atoms with Crippen LogP contribution in [0, 0.1) is 18.8 Å². The van der Waals surface area contributed by atoms with Gasteiger partial charge in [-0.05, 0) is 37.2 Å². The predicted octanol–water partition coefficient (Wildman–Crippen LogP) is 4.22. The van der Waals surface area contributed by atoms with Gasteiger partial charge in [0.1, 0.15) is 0 Å². The van der Waals surface area contributed by atoms with Crippen LogP contribution in [0.4, 0.5) is 0 Å². The second-order valence-corrected chi connectivity index (χ2v) is 4.16. The summed E-state index contributed by atoms with van der Waals surface area (Å²) in [6, 6.07) is 8.95. The van der Waals surface area contributed by atoms with Crippen molar-refractivity contribution < 1.29 is 21.1 Å². The minimum Gasteiger partial charge on any atom is -0.0683 e. The van der Waals surface area contributed by atoms with Crippen LogP contribution in [0.25, 0.3) is 0 Å². The van der Waals surface area contributed by atoms with Gasteiger partial charge in [-0.2, -0.15) is 0 Å². The molecule has 2 atom stereocenters. The standard InChI is InChI=1S/C12H16.C2H6.W/c1-9-3-5-11(6-4-9)8-12-7-10(12)2;1-2;/h3-6,10,12H,7-8H2,1-2H3;1-2H3;. The molecule has 1 aliphatic rings. The fraction of sp³-hybridized carbons (Fsp3) is 0.571. The third-order valence-electron chi connectivity index (χ3n) is 2.89. The van der Waals surface area contributed by atoms with Crippen LogP contribution < -0.4 is 0 Å². The van der Waals surface area contributed by atoms with Crippen molar-refractivity contribution in [3.63, 3.8) is 0 Å². The van der Waals surface area contributed by atoms with Gasteiger partial charge in [-0.15, -0.1) is 0 Å². The van der Waals surface area contributed by atoms with Crippen molar-refractivity contribution in [1.29, 1.82) is 0 Å². The minimum atomic E-state index is 0. The molecule has 0 radical (unpaired) electrons. The van der Waals surface area contributed by atoms with Crippen molar-refractivity contribution in [3.05, 3.63) is 35.4 Å². The molecular formula is C14H22W. The molecule has 1 aliphatic carbocycles. The molecule has 1 heteroatoms. The largest absolute Gasteiger partial charge is 0.0683 e. The molecule has 0 bridgehead atoms. The summed E-state index contributed by atoms with van der Waals surface area (Å²) in [6.07, 6.45) is 2.73. The molecular weight excluding hydrogens is 352 g/mol. The average Bonchev–Trinajstić information content (AvgIpc) is 2.89. The smallest absolute Gasteiger partial charge is 0 e. The quantitative estimate of drug-likeness (QED) is 0.728. The minimum absolute atomic E-state index is 0. The molecule has 1 fully saturated rings. The molecule has 2 unspecified atom stereocenters. The molecule has 0 N–H and O–H groups in total. The Hall–Kier alpha value is -0.0917. The van der Waals surface area contributed by atoms with Gasteiger partial charge in [-0.25, -0.2) is 0 Å². The fourth-order valence-electron chi connectivity index (χ4n) is 1.71. The summed E-state index contributed by atoms with van der Waals surface area (Å²) in [6.45, 7) is 8.49. The van der Waals surface area contributed by atoms with Crippen LogP contribution in [-0.2, 0) is 27.5 Å². The molecule has 0 nitrogen and oxygen atoms in total. The predicted molar refractivity (Wildman–Crippen MR) is 63.5 cm³/mol. The first-order valence-corrected chi connectivity index (χ1v) is 5.81. The maximum absolute atomic E-state index is 2.35. The molecule has 84 valence electrons. The van der Waals surface area contributed by atoms with E-state index >= 15 is 0 Å². The van der Waals surface area contributed by atoms with Crippen LogP contribution in [0.15, 0.2) is 24.3 Å². The Bertz CT molecular complexity index is 263. The van der Waals surface area contributed by atoms with E-state index in [4.69, 9.17) is 0 Å². The van der Waals surface area contributed by atoms with Crippen LogP contribution in [0.5, 0.6) is 0 Å². The first kappa shape index (κ1) is 14.9. The van der Waals surface area contributed by atoms with Crippen molar-refractivity contribution in [3.8, 4) is 0 Å². The SMILES string of the molecule is CC.Cc1ccc(CC2CC2C)cc1.[W]. The van der Waals surface area contributed by atoms with Crippen LogP contribution in [-0.4, -0.2) is 0 Å². The second-order valence-electron chi connectivity index (χ2n) is 4.16. The van der Waals surface area contributed by atoms with E-state index in [9.17, 15) is 0 Å². The molecule has 0 saturated heterocycles. The van der Waals surface area contributed by atoms with Crippen molar-refractivity contribution >= 4 is 0 Å². The molecule has 1 aromatic rings. The Morgan fingerprint density at radius 2 is 1.60 bits per heavy atom. The summed E-state index contributed by atoms with van der Waals surface area (Å²) in [5, 5.41) is 0. The Morgan fingerprint density at radius 3 is 2.00 bits per heavy atom. The van der Waals surface area contributed by atoms with E-state index in [0.717, 1.165) is 11.8 Å². The molecule has 1 saturated carbocycles. The van der Waals surface area contributed by atoms with Gasteiger partial charge in [-0.3, -0.25) is 0 Å². The van der Waals surface area contributed by atoms with Crippen molar-refractivity contribution in [2.24, 2.45) is 11.8 Å². The monoisotopic (exact) mass is 374 g/mol. The van der Waals surface area contributed by atoms with Gasteiger partial charge in [0.2, 0.25) is 0 Å². The van der Waals surface area contributed by atoms with Crippen LogP contribution in [0.1, 0.15) is 38.3 Å². The van der Waals surface area contributed by atoms with E-state index in [1.54, 1.807) is 0 Å². The van der Waals surface area contributed by atoms with Crippen molar-refractivity contribution in [1.82, 2.24) is 0 Å². The third kappa shape index (κ3) is 4.98. The van der Waals surface area contributed by atoms with E-state index in [0.29, 0.717) is 0 Å². The molecule has 2 rings (SSSR count). The summed E-state index contributed by atoms with van der Waals surface area (Å²) < 4.78 is 0. The molecule has 0 aliphatic heterocycles. The zero-order chi connectivity index (χ0) is 10.6. The van der Waals surface area contributed by atoms with E-state index in [1.807, 2.05) is 13.8 Å². The van der Waals surface area contributed by atoms with Crippen LogP contribution >= 0.6 is 0 Å². The zero-order valence-electron chi connectivity index (χ0n) is 10.3. The Morgan fingerprint density at radius 1 is 1.13 bits per heavy atom. The second kappa shape index (κ2) is 7.23. The number of benzene rings is 1. The molecule has 0 aromatic heterocycles. The number of aryl methyl sites for hydroxylation is 1. The Kier molecular flexibility index (Phi) is 7.18. The molecule has 0 spiro atoms. The summed E-state index contributed by atoms with van der Waals surface area (Å²) in [5.41, 5.74) is 2.87. The zero-order valence-corrected chi connectivity index (χ0v) is 13.2. The van der Waals surface area contributed by atoms with E-state index in [-0.39, 0.29) is 21.1 Å². The third-order valence-corrected chi connectivity index (χ3v) is 2.89. The van der Waals surface area contributed by atoms with E-state index in [1.165, 1.54) is 24.0 Å². The molecule has 15 heavy (non-hydrogen) atoms. The summed E-state index contributed by atoms with van der Waals surface area (Å²) in [5.74, 6) is 1.96. The van der Waals surface area contributed by atoms with Crippen LogP contribution in [0.3, 0.4) is 0 Å². The first-order valence-electron chi connectivity index (χ1n) is 5.81. The maximum atomic E-state index is 2.35. The van der Waals surface area contributed by atoms with Gasteiger partial charge >= 0.3 is 0 Å². The topological polar surface area (TPSA) is 0 Å². The van der Waals surface area contributed by atoms with Gasteiger partial charge in [0, 0.05) is 21.1 Å². The van der Waals surface area contributed by atoms with Gasteiger partial charge in [0.05, 0.1) is 0 Å². The maximum Gasteiger partial charge on any atom is 0 e. The van der Waals surface area contributed by atoms with E-state index < -0.39 is 0 Å². The molecule has 1 aromatic carbocycles. The number of hydrogen-bond acceptors (Lipinski definition) is 0. The summed E-state index contributed by atoms with van der Waals surface area (Å²) in [4.78, 5) is 0. The van der Waals surface area contributed by atoms with Crippen molar-refractivity contribution in [2.75, 3.05) is 0 Å². The average molecular weight is 374 g/mol. The van der Waals surface area contributed by atoms with E-state index in [2.05, 4.69) is 38.1 Å². The Labute approximate surface area is 109 Å². The Balaban J connectivity index is 0.000000617. The fourth-order valence-corrected chi connectivity index (χ4v) is 1.71. The summed E-state index contributed by atoms with van der Waals surface area (Å²) in [7, 11) is 0. The number of rotatable bonds is 2.